The fourth-order valence-electron chi connectivity index (χ4n) is 2.85. The number of fused-ring (bicyclic) bond motifs is 1. The summed E-state index contributed by atoms with van der Waals surface area (Å²) in [5.74, 6) is 1.14. The Bertz CT molecular complexity index is 794. The molecule has 1 fully saturated rings. The molecular formula is C16H15N3O. The molecule has 1 aromatic carbocycles. The molecule has 0 bridgehead atoms. The van der Waals surface area contributed by atoms with Crippen LogP contribution in [0.4, 0.5) is 5.69 Å². The van der Waals surface area contributed by atoms with Crippen LogP contribution in [0.3, 0.4) is 0 Å². The number of nitrogens with zero attached hydrogens (tertiary/aromatic N) is 1. The second-order valence-electron chi connectivity index (χ2n) is 5.60. The predicted octanol–water partition coefficient (Wildman–Crippen LogP) is 3.08. The smallest absolute Gasteiger partial charge is 0.271 e. The van der Waals surface area contributed by atoms with E-state index in [1.807, 2.05) is 36.6 Å². The number of aliphatic imine (C=N–C) groups is 1. The lowest BCUT2D eigenvalue weighted by molar-refractivity contribution is 0.869. The van der Waals surface area contributed by atoms with Crippen molar-refractivity contribution in [1.29, 1.82) is 0 Å². The molecule has 0 radical (unpaired) electrons. The van der Waals surface area contributed by atoms with Crippen LogP contribution in [0.25, 0.3) is 11.6 Å². The highest BCUT2D eigenvalue weighted by molar-refractivity contribution is 6.21. The molecule has 4 heteroatoms. The number of aromatic amines is 2. The van der Waals surface area contributed by atoms with Crippen molar-refractivity contribution >= 4 is 23.6 Å². The van der Waals surface area contributed by atoms with E-state index in [0.717, 1.165) is 34.5 Å². The Morgan fingerprint density at radius 3 is 2.90 bits per heavy atom. The van der Waals surface area contributed by atoms with E-state index in [4.69, 9.17) is 0 Å². The van der Waals surface area contributed by atoms with Gasteiger partial charge in [-0.3, -0.25) is 14.9 Å². The first-order valence-electron chi connectivity index (χ1n) is 6.90. The Balaban J connectivity index is 1.81. The Morgan fingerprint density at radius 2 is 2.10 bits per heavy atom. The van der Waals surface area contributed by atoms with Crippen molar-refractivity contribution < 1.29 is 0 Å². The van der Waals surface area contributed by atoms with Gasteiger partial charge in [0, 0.05) is 29.0 Å². The Hall–Kier alpha value is -2.36. The van der Waals surface area contributed by atoms with E-state index in [2.05, 4.69) is 22.1 Å². The fourth-order valence-corrected chi connectivity index (χ4v) is 2.85. The lowest BCUT2D eigenvalue weighted by atomic mass is 10.0. The molecule has 0 amide bonds. The first-order valence-corrected chi connectivity index (χ1v) is 6.90. The van der Waals surface area contributed by atoms with E-state index >= 15 is 0 Å². The Labute approximate surface area is 116 Å². The third-order valence-corrected chi connectivity index (χ3v) is 4.18. The Kier molecular flexibility index (Phi) is 2.33. The lowest BCUT2D eigenvalue weighted by Gasteiger charge is -2.00. The van der Waals surface area contributed by atoms with Gasteiger partial charge in [-0.1, -0.05) is 25.1 Å². The van der Waals surface area contributed by atoms with Crippen molar-refractivity contribution in [3.8, 4) is 0 Å². The minimum atomic E-state index is -0.0515. The molecule has 0 spiro atoms. The van der Waals surface area contributed by atoms with Gasteiger partial charge in [0.1, 0.15) is 0 Å². The fraction of sp³-hybridized carbons (Fsp3) is 0.250. The van der Waals surface area contributed by atoms with Crippen LogP contribution < -0.4 is 5.56 Å². The van der Waals surface area contributed by atoms with Crippen LogP contribution in [0.5, 0.6) is 0 Å². The number of nitrogens with one attached hydrogen (secondary N) is 2. The van der Waals surface area contributed by atoms with Crippen molar-refractivity contribution in [2.75, 3.05) is 0 Å². The van der Waals surface area contributed by atoms with Gasteiger partial charge in [-0.15, -0.1) is 0 Å². The van der Waals surface area contributed by atoms with Gasteiger partial charge >= 0.3 is 0 Å². The van der Waals surface area contributed by atoms with E-state index in [-0.39, 0.29) is 5.56 Å². The maximum absolute atomic E-state index is 12.0. The van der Waals surface area contributed by atoms with E-state index < -0.39 is 0 Å². The van der Waals surface area contributed by atoms with Crippen molar-refractivity contribution in [2.45, 2.75) is 19.3 Å². The quantitative estimate of drug-likeness (QED) is 0.861. The maximum atomic E-state index is 12.0. The average Bonchev–Trinajstić information content (AvgIpc) is 2.89. The first-order chi connectivity index (χ1) is 9.74. The molecule has 0 saturated heterocycles. The molecule has 1 aromatic heterocycles. The minimum Gasteiger partial charge on any atom is -0.301 e. The van der Waals surface area contributed by atoms with Gasteiger partial charge in [0.25, 0.3) is 5.56 Å². The predicted molar refractivity (Wildman–Crippen MR) is 80.4 cm³/mol. The third-order valence-electron chi connectivity index (χ3n) is 4.18. The Morgan fingerprint density at radius 1 is 1.30 bits per heavy atom. The van der Waals surface area contributed by atoms with Crippen LogP contribution in [0.15, 0.2) is 34.1 Å². The SMILES string of the molecule is CC1CC1c1[nH][nH]c(=O)c1/C=C1/C=Nc2ccccc21. The molecule has 4 nitrogen and oxygen atoms in total. The van der Waals surface area contributed by atoms with E-state index in [1.54, 1.807) is 0 Å². The highest BCUT2D eigenvalue weighted by Crippen LogP contribution is 2.47. The van der Waals surface area contributed by atoms with E-state index in [9.17, 15) is 4.79 Å². The molecular weight excluding hydrogens is 250 g/mol. The van der Waals surface area contributed by atoms with Crippen molar-refractivity contribution in [2.24, 2.45) is 10.9 Å². The van der Waals surface area contributed by atoms with Gasteiger partial charge in [0.2, 0.25) is 0 Å². The van der Waals surface area contributed by atoms with Gasteiger partial charge in [-0.05, 0) is 24.5 Å². The molecule has 2 heterocycles. The lowest BCUT2D eigenvalue weighted by Crippen LogP contribution is -2.02. The number of H-pyrrole nitrogens is 2. The summed E-state index contributed by atoms with van der Waals surface area (Å²) in [5.41, 5.74) is 4.78. The summed E-state index contributed by atoms with van der Waals surface area (Å²) in [6.45, 7) is 2.21. The number of aromatic nitrogens is 2. The van der Waals surface area contributed by atoms with Crippen LogP contribution in [-0.2, 0) is 0 Å². The standard InChI is InChI=1S/C16H15N3O/c1-9-6-12(9)15-13(16(20)19-18-15)7-10-8-17-14-5-3-2-4-11(10)14/h2-5,7-9,12H,6H2,1H3,(H2,18,19,20)/b10-7-. The minimum absolute atomic E-state index is 0.0515. The normalized spacial score (nSPS) is 25.1. The van der Waals surface area contributed by atoms with E-state index in [1.165, 1.54) is 0 Å². The summed E-state index contributed by atoms with van der Waals surface area (Å²) < 4.78 is 0. The van der Waals surface area contributed by atoms with Crippen molar-refractivity contribution in [1.82, 2.24) is 10.2 Å². The summed E-state index contributed by atoms with van der Waals surface area (Å²) in [6.07, 6.45) is 4.93. The summed E-state index contributed by atoms with van der Waals surface area (Å²) in [4.78, 5) is 16.4. The average molecular weight is 265 g/mol. The van der Waals surface area contributed by atoms with Crippen LogP contribution in [0.2, 0.25) is 0 Å². The molecule has 2 atom stereocenters. The highest BCUT2D eigenvalue weighted by Gasteiger charge is 2.37. The largest absolute Gasteiger partial charge is 0.301 e. The number of benzene rings is 1. The summed E-state index contributed by atoms with van der Waals surface area (Å²) in [6, 6.07) is 7.98. The zero-order valence-corrected chi connectivity index (χ0v) is 11.2. The third kappa shape index (κ3) is 1.68. The number of rotatable bonds is 2. The number of hydrogen-bond donors (Lipinski definition) is 2. The molecule has 2 aliphatic rings. The zero-order chi connectivity index (χ0) is 13.7. The number of allylic oxidation sites excluding steroid dienone is 1. The molecule has 2 N–H and O–H groups in total. The van der Waals surface area contributed by atoms with Crippen LogP contribution in [0.1, 0.15) is 36.1 Å². The van der Waals surface area contributed by atoms with Gasteiger partial charge in [0.15, 0.2) is 0 Å². The molecule has 2 unspecified atom stereocenters. The van der Waals surface area contributed by atoms with Crippen LogP contribution in [0, 0.1) is 5.92 Å². The summed E-state index contributed by atoms with van der Waals surface area (Å²) in [5, 5.41) is 5.75. The maximum Gasteiger partial charge on any atom is 0.271 e. The van der Waals surface area contributed by atoms with Crippen LogP contribution >= 0.6 is 0 Å². The molecule has 1 aliphatic heterocycles. The number of hydrogen-bond acceptors (Lipinski definition) is 2. The van der Waals surface area contributed by atoms with Crippen molar-refractivity contribution in [3.63, 3.8) is 0 Å². The monoisotopic (exact) mass is 265 g/mol. The molecule has 1 saturated carbocycles. The second kappa shape index (κ2) is 4.07. The molecule has 20 heavy (non-hydrogen) atoms. The molecule has 100 valence electrons. The zero-order valence-electron chi connectivity index (χ0n) is 11.2. The highest BCUT2D eigenvalue weighted by atomic mass is 16.1. The van der Waals surface area contributed by atoms with E-state index in [0.29, 0.717) is 11.8 Å². The van der Waals surface area contributed by atoms with Gasteiger partial charge in [-0.2, -0.15) is 0 Å². The molecule has 1 aliphatic carbocycles. The van der Waals surface area contributed by atoms with Crippen LogP contribution in [-0.4, -0.2) is 16.4 Å². The van der Waals surface area contributed by atoms with Gasteiger partial charge in [0.05, 0.1) is 11.3 Å². The molecule has 2 aromatic rings. The topological polar surface area (TPSA) is 61.0 Å². The number of para-hydroxylation sites is 1. The van der Waals surface area contributed by atoms with Gasteiger partial charge in [-0.25, -0.2) is 0 Å². The molecule has 4 rings (SSSR count). The van der Waals surface area contributed by atoms with Crippen molar-refractivity contribution in [3.05, 3.63) is 51.4 Å². The summed E-state index contributed by atoms with van der Waals surface area (Å²) in [7, 11) is 0. The van der Waals surface area contributed by atoms with Gasteiger partial charge < -0.3 is 5.10 Å². The second-order valence-corrected chi connectivity index (χ2v) is 5.60. The first kappa shape index (κ1) is 11.5. The summed E-state index contributed by atoms with van der Waals surface area (Å²) >= 11 is 0.